The predicted molar refractivity (Wildman–Crippen MR) is 92.0 cm³/mol. The van der Waals surface area contributed by atoms with Crippen molar-refractivity contribution >= 4 is 19.5 Å². The third-order valence-corrected chi connectivity index (χ3v) is 4.44. The van der Waals surface area contributed by atoms with Crippen LogP contribution in [0.25, 0.3) is 0 Å². The second-order valence-corrected chi connectivity index (χ2v) is 6.93. The molecule has 0 saturated heterocycles. The number of hydrogen-bond acceptors (Lipinski definition) is 4. The third kappa shape index (κ3) is 5.42. The van der Waals surface area contributed by atoms with E-state index in [1.54, 1.807) is 24.3 Å². The number of benzene rings is 2. The highest BCUT2D eigenvalue weighted by Crippen LogP contribution is 2.49. The van der Waals surface area contributed by atoms with Gasteiger partial charge in [0.25, 0.3) is 0 Å². The van der Waals surface area contributed by atoms with Crippen LogP contribution >= 0.6 is 7.60 Å². The molecule has 1 amide bonds. The van der Waals surface area contributed by atoms with Gasteiger partial charge in [0.05, 0.1) is 0 Å². The van der Waals surface area contributed by atoms with Gasteiger partial charge in [-0.1, -0.05) is 54.6 Å². The normalized spacial score (nSPS) is 12.2. The molecule has 9 heteroatoms. The summed E-state index contributed by atoms with van der Waals surface area (Å²) in [4.78, 5) is 30.9. The van der Waals surface area contributed by atoms with Crippen LogP contribution in [0.3, 0.4) is 0 Å². The Labute approximate surface area is 144 Å². The Hall–Kier alpha value is -2.67. The maximum atomic E-state index is 11.9. The number of amides is 1. The van der Waals surface area contributed by atoms with E-state index in [-0.39, 0.29) is 18.0 Å². The first-order valence-corrected chi connectivity index (χ1v) is 8.92. The average molecular weight is 363 g/mol. The number of nitrogen functional groups attached to an aromatic ring is 1. The van der Waals surface area contributed by atoms with Crippen molar-refractivity contribution in [2.24, 2.45) is 5.73 Å². The summed E-state index contributed by atoms with van der Waals surface area (Å²) in [7, 11) is -4.68. The Balaban J connectivity index is 2.08. The minimum absolute atomic E-state index is 0.0240. The van der Waals surface area contributed by atoms with Crippen LogP contribution in [0.5, 0.6) is 0 Å². The monoisotopic (exact) mass is 363 g/mol. The molecule has 8 nitrogen and oxygen atoms in total. The topological polar surface area (TPSA) is 146 Å². The van der Waals surface area contributed by atoms with Gasteiger partial charge >= 0.3 is 13.7 Å². The minimum Gasteiger partial charge on any atom is -0.445 e. The number of hydrogen-bond donors (Lipinski definition) is 5. The lowest BCUT2D eigenvalue weighted by atomic mass is 10.1. The van der Waals surface area contributed by atoms with Crippen molar-refractivity contribution < 1.29 is 23.9 Å². The number of carbonyl (C=O) groups is 1. The first kappa shape index (κ1) is 18.7. The van der Waals surface area contributed by atoms with E-state index in [2.05, 4.69) is 5.32 Å². The average Bonchev–Trinajstić information content (AvgIpc) is 2.58. The highest BCUT2D eigenvalue weighted by molar-refractivity contribution is 7.52. The molecule has 2 rings (SSSR count). The van der Waals surface area contributed by atoms with Crippen LogP contribution in [0.2, 0.25) is 0 Å². The molecule has 0 heterocycles. The fourth-order valence-corrected chi connectivity index (χ4v) is 2.92. The molecule has 1 unspecified atom stereocenters. The lowest BCUT2D eigenvalue weighted by molar-refractivity contribution is 0.137. The van der Waals surface area contributed by atoms with Crippen molar-refractivity contribution in [3.63, 3.8) is 0 Å². The molecule has 0 fully saturated rings. The van der Waals surface area contributed by atoms with E-state index < -0.39 is 19.5 Å². The quantitative estimate of drug-likeness (QED) is 0.302. The zero-order chi connectivity index (χ0) is 18.4. The zero-order valence-electron chi connectivity index (χ0n) is 13.1. The van der Waals surface area contributed by atoms with Gasteiger partial charge in [0, 0.05) is 5.56 Å². The Morgan fingerprint density at radius 3 is 2.28 bits per heavy atom. The SMILES string of the molecule is N=C(N)c1ccc(C(NC(=O)OCc2ccccc2)P(=O)(O)O)cc1. The van der Waals surface area contributed by atoms with Gasteiger partial charge in [-0.05, 0) is 11.1 Å². The highest BCUT2D eigenvalue weighted by atomic mass is 31.2. The van der Waals surface area contributed by atoms with Crippen LogP contribution in [0.15, 0.2) is 54.6 Å². The molecule has 6 N–H and O–H groups in total. The summed E-state index contributed by atoms with van der Waals surface area (Å²) in [5, 5.41) is 9.50. The minimum atomic E-state index is -4.68. The first-order chi connectivity index (χ1) is 11.8. The number of nitrogens with two attached hydrogens (primary N) is 1. The van der Waals surface area contributed by atoms with Crippen molar-refractivity contribution in [2.75, 3.05) is 0 Å². The first-order valence-electron chi connectivity index (χ1n) is 7.24. The van der Waals surface area contributed by atoms with Gasteiger partial charge in [0.2, 0.25) is 0 Å². The van der Waals surface area contributed by atoms with Crippen LogP contribution in [-0.4, -0.2) is 21.7 Å². The van der Waals surface area contributed by atoms with E-state index in [4.69, 9.17) is 15.9 Å². The highest BCUT2D eigenvalue weighted by Gasteiger charge is 2.32. The van der Waals surface area contributed by atoms with Crippen molar-refractivity contribution in [3.8, 4) is 0 Å². The van der Waals surface area contributed by atoms with Crippen LogP contribution in [0.4, 0.5) is 4.79 Å². The molecule has 2 aromatic carbocycles. The van der Waals surface area contributed by atoms with Gasteiger partial charge in [-0.2, -0.15) is 0 Å². The largest absolute Gasteiger partial charge is 0.445 e. The van der Waals surface area contributed by atoms with Gasteiger partial charge in [0.1, 0.15) is 12.4 Å². The Kier molecular flexibility index (Phi) is 5.93. The van der Waals surface area contributed by atoms with Crippen LogP contribution in [0.1, 0.15) is 22.5 Å². The molecule has 25 heavy (non-hydrogen) atoms. The number of alkyl carbamates (subject to hydrolysis) is 1. The van der Waals surface area contributed by atoms with E-state index in [9.17, 15) is 19.1 Å². The van der Waals surface area contributed by atoms with Crippen LogP contribution in [-0.2, 0) is 15.9 Å². The molecule has 0 aromatic heterocycles. The summed E-state index contributed by atoms with van der Waals surface area (Å²) in [6.45, 7) is -0.0240. The molecule has 0 aliphatic carbocycles. The third-order valence-electron chi connectivity index (χ3n) is 3.34. The number of rotatable bonds is 6. The van der Waals surface area contributed by atoms with E-state index in [1.807, 2.05) is 6.07 Å². The Morgan fingerprint density at radius 1 is 1.16 bits per heavy atom. The molecule has 2 aromatic rings. The second kappa shape index (κ2) is 7.94. The molecule has 0 aliphatic rings. The maximum absolute atomic E-state index is 11.9. The van der Waals surface area contributed by atoms with Gasteiger partial charge in [-0.25, -0.2) is 4.79 Å². The van der Waals surface area contributed by atoms with Crippen LogP contribution in [0, 0.1) is 5.41 Å². The standard InChI is InChI=1S/C16H18N3O5P/c17-14(18)12-6-8-13(9-7-12)15(25(21,22)23)19-16(20)24-10-11-4-2-1-3-5-11/h1-9,15H,10H2,(H3,17,18)(H,19,20)(H2,21,22,23). The Bertz CT molecular complexity index is 789. The fourth-order valence-electron chi connectivity index (χ4n) is 2.08. The summed E-state index contributed by atoms with van der Waals surface area (Å²) in [6, 6.07) is 14.6. The van der Waals surface area contributed by atoms with Gasteiger partial charge in [0.15, 0.2) is 5.78 Å². The molecule has 0 saturated carbocycles. The molecular weight excluding hydrogens is 345 g/mol. The van der Waals surface area contributed by atoms with Crippen molar-refractivity contribution in [3.05, 3.63) is 71.3 Å². The molecule has 132 valence electrons. The molecule has 0 aliphatic heterocycles. The number of carbonyl (C=O) groups excluding carboxylic acids is 1. The zero-order valence-corrected chi connectivity index (χ0v) is 14.0. The molecule has 1 atom stereocenters. The smallest absolute Gasteiger partial charge is 0.408 e. The maximum Gasteiger partial charge on any atom is 0.408 e. The van der Waals surface area contributed by atoms with E-state index >= 15 is 0 Å². The van der Waals surface area contributed by atoms with E-state index in [1.165, 1.54) is 24.3 Å². The van der Waals surface area contributed by atoms with Gasteiger partial charge in [-0.3, -0.25) is 9.97 Å². The second-order valence-electron chi connectivity index (χ2n) is 5.23. The van der Waals surface area contributed by atoms with Gasteiger partial charge in [-0.15, -0.1) is 0 Å². The van der Waals surface area contributed by atoms with E-state index in [0.29, 0.717) is 5.56 Å². The number of nitrogens with one attached hydrogen (secondary N) is 2. The summed E-state index contributed by atoms with van der Waals surface area (Å²) in [5.41, 5.74) is 6.67. The molecule has 0 spiro atoms. The van der Waals surface area contributed by atoms with Crippen molar-refractivity contribution in [2.45, 2.75) is 12.4 Å². The number of amidine groups is 1. The summed E-state index contributed by atoms with van der Waals surface area (Å²) < 4.78 is 16.7. The summed E-state index contributed by atoms with van der Waals surface area (Å²) >= 11 is 0. The number of ether oxygens (including phenoxy) is 1. The molecular formula is C16H18N3O5P. The van der Waals surface area contributed by atoms with E-state index in [0.717, 1.165) is 5.56 Å². The fraction of sp³-hybridized carbons (Fsp3) is 0.125. The van der Waals surface area contributed by atoms with Crippen molar-refractivity contribution in [1.82, 2.24) is 5.32 Å². The molecule has 0 radical (unpaired) electrons. The summed E-state index contributed by atoms with van der Waals surface area (Å²) in [6.07, 6.45) is -0.951. The van der Waals surface area contributed by atoms with Crippen molar-refractivity contribution in [1.29, 1.82) is 5.41 Å². The molecule has 0 bridgehead atoms. The lowest BCUT2D eigenvalue weighted by Gasteiger charge is -2.20. The summed E-state index contributed by atoms with van der Waals surface area (Å²) in [5.74, 6) is -1.73. The predicted octanol–water partition coefficient (Wildman–Crippen LogP) is 2.07. The lowest BCUT2D eigenvalue weighted by Crippen LogP contribution is -2.29. The Morgan fingerprint density at radius 2 is 1.76 bits per heavy atom. The van der Waals surface area contributed by atoms with Crippen LogP contribution < -0.4 is 11.1 Å². The van der Waals surface area contributed by atoms with Gasteiger partial charge < -0.3 is 25.6 Å².